The molecule has 4 nitrogen and oxygen atoms in total. The molecule has 4 rings (SSSR count). The van der Waals surface area contributed by atoms with Gasteiger partial charge in [-0.2, -0.15) is 0 Å². The standard InChI is InChI=1S/C23H21NO3/c1-2-26-18-14-12-16(13-15-18)23-21(24-17-8-4-3-5-9-17)22(25)19-10-6-7-11-20(19)27-23/h3-15,21,23-24H,2H2,1H3. The number of anilines is 1. The van der Waals surface area contributed by atoms with E-state index in [4.69, 9.17) is 9.47 Å². The molecule has 0 radical (unpaired) electrons. The van der Waals surface area contributed by atoms with E-state index >= 15 is 0 Å². The average Bonchev–Trinajstić information content (AvgIpc) is 2.72. The Kier molecular flexibility index (Phi) is 4.79. The molecule has 2 atom stereocenters. The van der Waals surface area contributed by atoms with Gasteiger partial charge in [-0.3, -0.25) is 4.79 Å². The number of para-hydroxylation sites is 2. The lowest BCUT2D eigenvalue weighted by Gasteiger charge is -2.34. The molecule has 0 bridgehead atoms. The lowest BCUT2D eigenvalue weighted by molar-refractivity contribution is 0.0812. The highest BCUT2D eigenvalue weighted by Crippen LogP contribution is 2.36. The van der Waals surface area contributed by atoms with Crippen molar-refractivity contribution in [1.82, 2.24) is 0 Å². The lowest BCUT2D eigenvalue weighted by atomic mass is 9.91. The number of rotatable bonds is 5. The number of hydrogen-bond donors (Lipinski definition) is 1. The summed E-state index contributed by atoms with van der Waals surface area (Å²) in [4.78, 5) is 13.2. The van der Waals surface area contributed by atoms with E-state index in [-0.39, 0.29) is 5.78 Å². The van der Waals surface area contributed by atoms with Crippen molar-refractivity contribution in [3.05, 3.63) is 90.0 Å². The molecule has 136 valence electrons. The van der Waals surface area contributed by atoms with Gasteiger partial charge in [0, 0.05) is 5.69 Å². The first-order valence-corrected chi connectivity index (χ1v) is 9.10. The van der Waals surface area contributed by atoms with Gasteiger partial charge in [-0.05, 0) is 48.9 Å². The fourth-order valence-corrected chi connectivity index (χ4v) is 3.32. The van der Waals surface area contributed by atoms with Gasteiger partial charge in [-0.1, -0.05) is 42.5 Å². The summed E-state index contributed by atoms with van der Waals surface area (Å²) in [6, 6.07) is 24.3. The first-order chi connectivity index (χ1) is 13.3. The number of nitrogens with one attached hydrogen (secondary N) is 1. The number of hydrogen-bond acceptors (Lipinski definition) is 4. The lowest BCUT2D eigenvalue weighted by Crippen LogP contribution is -2.42. The number of fused-ring (bicyclic) bond motifs is 1. The number of carbonyl (C=O) groups is 1. The van der Waals surface area contributed by atoms with Gasteiger partial charge in [-0.25, -0.2) is 0 Å². The van der Waals surface area contributed by atoms with Crippen molar-refractivity contribution in [2.24, 2.45) is 0 Å². The van der Waals surface area contributed by atoms with Crippen LogP contribution in [-0.2, 0) is 0 Å². The fraction of sp³-hybridized carbons (Fsp3) is 0.174. The van der Waals surface area contributed by atoms with Crippen molar-refractivity contribution < 1.29 is 14.3 Å². The summed E-state index contributed by atoms with van der Waals surface area (Å²) in [6.07, 6.45) is -0.428. The van der Waals surface area contributed by atoms with E-state index in [2.05, 4.69) is 5.32 Å². The number of benzene rings is 3. The predicted octanol–water partition coefficient (Wildman–Crippen LogP) is 4.88. The van der Waals surface area contributed by atoms with Crippen molar-refractivity contribution >= 4 is 11.5 Å². The predicted molar refractivity (Wildman–Crippen MR) is 106 cm³/mol. The van der Waals surface area contributed by atoms with Gasteiger partial charge in [0.1, 0.15) is 17.5 Å². The van der Waals surface area contributed by atoms with Crippen LogP contribution in [0.4, 0.5) is 5.69 Å². The molecule has 0 saturated heterocycles. The fourth-order valence-electron chi connectivity index (χ4n) is 3.32. The molecule has 0 aromatic heterocycles. The molecular formula is C23H21NO3. The van der Waals surface area contributed by atoms with E-state index in [1.165, 1.54) is 0 Å². The van der Waals surface area contributed by atoms with Crippen LogP contribution in [0.15, 0.2) is 78.9 Å². The molecule has 1 N–H and O–H groups in total. The van der Waals surface area contributed by atoms with Gasteiger partial charge in [0.05, 0.1) is 12.2 Å². The molecule has 1 aliphatic heterocycles. The molecule has 0 amide bonds. The highest BCUT2D eigenvalue weighted by molar-refractivity contribution is 6.05. The summed E-state index contributed by atoms with van der Waals surface area (Å²) in [7, 11) is 0. The molecule has 27 heavy (non-hydrogen) atoms. The van der Waals surface area contributed by atoms with Crippen LogP contribution >= 0.6 is 0 Å². The van der Waals surface area contributed by atoms with Gasteiger partial charge in [0.15, 0.2) is 11.9 Å². The Hall–Kier alpha value is -3.27. The minimum Gasteiger partial charge on any atom is -0.494 e. The summed E-state index contributed by atoms with van der Waals surface area (Å²) in [5.74, 6) is 1.45. The second-order valence-corrected chi connectivity index (χ2v) is 6.39. The summed E-state index contributed by atoms with van der Waals surface area (Å²) in [5, 5.41) is 3.35. The van der Waals surface area contributed by atoms with Gasteiger partial charge >= 0.3 is 0 Å². The summed E-state index contributed by atoms with van der Waals surface area (Å²) >= 11 is 0. The van der Waals surface area contributed by atoms with Crippen LogP contribution in [0, 0.1) is 0 Å². The normalized spacial score (nSPS) is 18.3. The molecule has 1 heterocycles. The average molecular weight is 359 g/mol. The minimum absolute atomic E-state index is 0.0274. The highest BCUT2D eigenvalue weighted by Gasteiger charge is 2.38. The Balaban J connectivity index is 1.70. The molecule has 0 spiro atoms. The van der Waals surface area contributed by atoms with Gasteiger partial charge in [0.25, 0.3) is 0 Å². The van der Waals surface area contributed by atoms with Crippen LogP contribution < -0.4 is 14.8 Å². The van der Waals surface area contributed by atoms with E-state index in [9.17, 15) is 4.79 Å². The number of ketones is 1. The topological polar surface area (TPSA) is 47.6 Å². The zero-order chi connectivity index (χ0) is 18.6. The summed E-state index contributed by atoms with van der Waals surface area (Å²) in [6.45, 7) is 2.57. The third kappa shape index (κ3) is 3.51. The molecule has 0 fully saturated rings. The first-order valence-electron chi connectivity index (χ1n) is 9.10. The smallest absolute Gasteiger partial charge is 0.192 e. The third-order valence-electron chi connectivity index (χ3n) is 4.61. The molecule has 3 aromatic rings. The zero-order valence-corrected chi connectivity index (χ0v) is 15.1. The van der Waals surface area contributed by atoms with E-state index in [1.54, 1.807) is 0 Å². The van der Waals surface area contributed by atoms with Crippen LogP contribution in [0.2, 0.25) is 0 Å². The molecule has 4 heteroatoms. The monoisotopic (exact) mass is 359 g/mol. The maximum Gasteiger partial charge on any atom is 0.192 e. The van der Waals surface area contributed by atoms with Crippen molar-refractivity contribution in [1.29, 1.82) is 0 Å². The van der Waals surface area contributed by atoms with Crippen molar-refractivity contribution in [2.75, 3.05) is 11.9 Å². The molecule has 0 saturated carbocycles. The van der Waals surface area contributed by atoms with E-state index in [1.807, 2.05) is 85.8 Å². The molecular weight excluding hydrogens is 338 g/mol. The minimum atomic E-state index is -0.514. The van der Waals surface area contributed by atoms with Crippen molar-refractivity contribution in [3.8, 4) is 11.5 Å². The van der Waals surface area contributed by atoms with Gasteiger partial charge in [0.2, 0.25) is 0 Å². The van der Waals surface area contributed by atoms with Gasteiger partial charge in [-0.15, -0.1) is 0 Å². The Morgan fingerprint density at radius 3 is 2.37 bits per heavy atom. The summed E-state index contributed by atoms with van der Waals surface area (Å²) < 4.78 is 11.8. The Morgan fingerprint density at radius 2 is 1.63 bits per heavy atom. The largest absolute Gasteiger partial charge is 0.494 e. The SMILES string of the molecule is CCOc1ccc(C2Oc3ccccc3C(=O)C2Nc2ccccc2)cc1. The van der Waals surface area contributed by atoms with Crippen LogP contribution in [0.3, 0.4) is 0 Å². The molecule has 0 aliphatic carbocycles. The van der Waals surface area contributed by atoms with E-state index in [0.29, 0.717) is 17.9 Å². The number of Topliss-reactive ketones (excluding diaryl/α,β-unsaturated/α-hetero) is 1. The Morgan fingerprint density at radius 1 is 0.926 bits per heavy atom. The zero-order valence-electron chi connectivity index (χ0n) is 15.1. The molecule has 3 aromatic carbocycles. The second kappa shape index (κ2) is 7.54. The summed E-state index contributed by atoms with van der Waals surface area (Å²) in [5.41, 5.74) is 2.41. The molecule has 2 unspecified atom stereocenters. The maximum absolute atomic E-state index is 13.2. The quantitative estimate of drug-likeness (QED) is 0.705. The Bertz CT molecular complexity index is 922. The van der Waals surface area contributed by atoms with Crippen LogP contribution in [0.25, 0.3) is 0 Å². The number of ether oxygens (including phenoxy) is 2. The van der Waals surface area contributed by atoms with E-state index in [0.717, 1.165) is 17.0 Å². The van der Waals surface area contributed by atoms with E-state index < -0.39 is 12.1 Å². The van der Waals surface area contributed by atoms with Crippen LogP contribution in [0.5, 0.6) is 11.5 Å². The highest BCUT2D eigenvalue weighted by atomic mass is 16.5. The van der Waals surface area contributed by atoms with Crippen molar-refractivity contribution in [2.45, 2.75) is 19.1 Å². The van der Waals surface area contributed by atoms with Crippen molar-refractivity contribution in [3.63, 3.8) is 0 Å². The molecule has 1 aliphatic rings. The third-order valence-corrected chi connectivity index (χ3v) is 4.61. The van der Waals surface area contributed by atoms with Gasteiger partial charge < -0.3 is 14.8 Å². The Labute approximate surface area is 158 Å². The van der Waals surface area contributed by atoms with Crippen LogP contribution in [0.1, 0.15) is 28.9 Å². The van der Waals surface area contributed by atoms with Crippen LogP contribution in [-0.4, -0.2) is 18.4 Å². The number of carbonyl (C=O) groups excluding carboxylic acids is 1. The second-order valence-electron chi connectivity index (χ2n) is 6.39. The first kappa shape index (κ1) is 17.2. The maximum atomic E-state index is 13.2.